The van der Waals surface area contributed by atoms with Gasteiger partial charge in [-0.05, 0) is 31.2 Å². The topological polar surface area (TPSA) is 104 Å². The number of hydrogen-bond acceptors (Lipinski definition) is 4. The Labute approximate surface area is 151 Å². The van der Waals surface area contributed by atoms with Crippen LogP contribution in [0, 0.1) is 0 Å². The van der Waals surface area contributed by atoms with Gasteiger partial charge >= 0.3 is 5.97 Å². The summed E-state index contributed by atoms with van der Waals surface area (Å²) in [4.78, 5) is 25.2. The zero-order valence-corrected chi connectivity index (χ0v) is 15.1. The van der Waals surface area contributed by atoms with Gasteiger partial charge in [0.25, 0.3) is 0 Å². The van der Waals surface area contributed by atoms with Crippen molar-refractivity contribution in [2.75, 3.05) is 6.54 Å². The van der Waals surface area contributed by atoms with Crippen molar-refractivity contribution < 1.29 is 23.1 Å². The van der Waals surface area contributed by atoms with Crippen LogP contribution in [0.15, 0.2) is 47.4 Å². The second-order valence-electron chi connectivity index (χ2n) is 6.35. The van der Waals surface area contributed by atoms with Crippen LogP contribution < -0.4 is 4.72 Å². The predicted octanol–water partition coefficient (Wildman–Crippen LogP) is 1.58. The lowest BCUT2D eigenvalue weighted by molar-refractivity contribution is -0.148. The lowest BCUT2D eigenvalue weighted by Crippen LogP contribution is -2.50. The molecular formula is C18H20N2O5S. The Morgan fingerprint density at radius 3 is 2.62 bits per heavy atom. The largest absolute Gasteiger partial charge is 0.480 e. The van der Waals surface area contributed by atoms with E-state index in [-0.39, 0.29) is 4.90 Å². The molecule has 26 heavy (non-hydrogen) atoms. The minimum Gasteiger partial charge on any atom is -0.480 e. The number of nitrogens with zero attached hydrogens (tertiary/aromatic N) is 1. The molecule has 2 N–H and O–H groups in total. The van der Waals surface area contributed by atoms with Crippen LogP contribution in [0.1, 0.15) is 19.8 Å². The molecule has 7 nitrogen and oxygen atoms in total. The molecule has 0 unspecified atom stereocenters. The van der Waals surface area contributed by atoms with E-state index in [1.165, 1.54) is 17.9 Å². The third kappa shape index (κ3) is 3.42. The van der Waals surface area contributed by atoms with Crippen LogP contribution in [0.4, 0.5) is 0 Å². The molecule has 3 rings (SSSR count). The van der Waals surface area contributed by atoms with E-state index in [9.17, 15) is 23.1 Å². The number of amides is 1. The van der Waals surface area contributed by atoms with Gasteiger partial charge < -0.3 is 10.0 Å². The SMILES string of the molecule is C[C@H](NS(=O)(=O)c1cccc2ccccc12)C(=O)N1CCC[C@H]1C(=O)O. The van der Waals surface area contributed by atoms with E-state index < -0.39 is 34.0 Å². The summed E-state index contributed by atoms with van der Waals surface area (Å²) in [5.41, 5.74) is 0. The quantitative estimate of drug-likeness (QED) is 0.825. The van der Waals surface area contributed by atoms with Crippen molar-refractivity contribution >= 4 is 32.7 Å². The van der Waals surface area contributed by atoms with E-state index in [1.807, 2.05) is 18.2 Å². The molecule has 2 aromatic rings. The molecule has 1 aliphatic heterocycles. The first-order valence-corrected chi connectivity index (χ1v) is 9.83. The maximum atomic E-state index is 12.8. The minimum atomic E-state index is -3.94. The summed E-state index contributed by atoms with van der Waals surface area (Å²) in [6, 6.07) is 10.1. The molecule has 2 aromatic carbocycles. The maximum Gasteiger partial charge on any atom is 0.326 e. The van der Waals surface area contributed by atoms with Crippen molar-refractivity contribution in [1.82, 2.24) is 9.62 Å². The van der Waals surface area contributed by atoms with Crippen molar-refractivity contribution in [3.63, 3.8) is 0 Å². The molecule has 1 fully saturated rings. The van der Waals surface area contributed by atoms with E-state index in [1.54, 1.807) is 18.2 Å². The van der Waals surface area contributed by atoms with Crippen molar-refractivity contribution in [2.45, 2.75) is 36.7 Å². The van der Waals surface area contributed by atoms with Crippen LogP contribution in [0.25, 0.3) is 10.8 Å². The molecule has 0 aromatic heterocycles. The molecule has 1 aliphatic rings. The highest BCUT2D eigenvalue weighted by molar-refractivity contribution is 7.89. The van der Waals surface area contributed by atoms with Crippen molar-refractivity contribution in [3.8, 4) is 0 Å². The number of aliphatic carboxylic acids is 1. The van der Waals surface area contributed by atoms with Crippen LogP contribution in [-0.2, 0) is 19.6 Å². The minimum absolute atomic E-state index is 0.0893. The van der Waals surface area contributed by atoms with Gasteiger partial charge in [-0.25, -0.2) is 13.2 Å². The molecule has 1 saturated heterocycles. The normalized spacial score (nSPS) is 18.8. The molecule has 138 valence electrons. The fraction of sp³-hybridized carbons (Fsp3) is 0.333. The van der Waals surface area contributed by atoms with Crippen LogP contribution in [0.3, 0.4) is 0 Å². The second-order valence-corrected chi connectivity index (χ2v) is 8.03. The van der Waals surface area contributed by atoms with Gasteiger partial charge in [0, 0.05) is 11.9 Å². The van der Waals surface area contributed by atoms with Crippen molar-refractivity contribution in [1.29, 1.82) is 0 Å². The fourth-order valence-electron chi connectivity index (χ4n) is 3.31. The molecular weight excluding hydrogens is 356 g/mol. The molecule has 8 heteroatoms. The third-order valence-electron chi connectivity index (χ3n) is 4.56. The standard InChI is InChI=1S/C18H20N2O5S/c1-12(17(21)20-11-5-9-15(20)18(22)23)19-26(24,25)16-10-4-7-13-6-2-3-8-14(13)16/h2-4,6-8,10,12,15,19H,5,9,11H2,1H3,(H,22,23)/t12-,15-/m0/s1. The van der Waals surface area contributed by atoms with Crippen LogP contribution in [0.2, 0.25) is 0 Å². The van der Waals surface area contributed by atoms with Crippen LogP contribution in [0.5, 0.6) is 0 Å². The summed E-state index contributed by atoms with van der Waals surface area (Å²) in [6.45, 7) is 1.75. The summed E-state index contributed by atoms with van der Waals surface area (Å²) in [5, 5.41) is 10.6. The molecule has 2 atom stereocenters. The first-order chi connectivity index (χ1) is 12.3. The highest BCUT2D eigenvalue weighted by Gasteiger charge is 2.37. The number of rotatable bonds is 5. The fourth-order valence-corrected chi connectivity index (χ4v) is 4.74. The third-order valence-corrected chi connectivity index (χ3v) is 6.16. The number of likely N-dealkylation sites (tertiary alicyclic amines) is 1. The molecule has 1 heterocycles. The van der Waals surface area contributed by atoms with Gasteiger partial charge in [0.05, 0.1) is 10.9 Å². The number of carboxylic acids is 1. The smallest absolute Gasteiger partial charge is 0.326 e. The Balaban J connectivity index is 1.85. The highest BCUT2D eigenvalue weighted by atomic mass is 32.2. The van der Waals surface area contributed by atoms with Crippen molar-refractivity contribution in [2.24, 2.45) is 0 Å². The van der Waals surface area contributed by atoms with Gasteiger partial charge in [0.1, 0.15) is 6.04 Å². The van der Waals surface area contributed by atoms with Gasteiger partial charge in [-0.2, -0.15) is 4.72 Å². The second kappa shape index (κ2) is 7.05. The molecule has 1 amide bonds. The van der Waals surface area contributed by atoms with Gasteiger partial charge in [-0.15, -0.1) is 0 Å². The summed E-state index contributed by atoms with van der Waals surface area (Å²) in [7, 11) is -3.94. The van der Waals surface area contributed by atoms with Crippen molar-refractivity contribution in [3.05, 3.63) is 42.5 Å². The Morgan fingerprint density at radius 2 is 1.88 bits per heavy atom. The number of benzene rings is 2. The van der Waals surface area contributed by atoms with E-state index in [0.29, 0.717) is 24.8 Å². The Hall–Kier alpha value is -2.45. The predicted molar refractivity (Wildman–Crippen MR) is 96.1 cm³/mol. The van der Waals surface area contributed by atoms with Crippen LogP contribution >= 0.6 is 0 Å². The van der Waals surface area contributed by atoms with E-state index in [4.69, 9.17) is 0 Å². The first kappa shape index (κ1) is 18.3. The van der Waals surface area contributed by atoms with Crippen LogP contribution in [-0.4, -0.2) is 48.9 Å². The number of nitrogens with one attached hydrogen (secondary N) is 1. The average molecular weight is 376 g/mol. The van der Waals surface area contributed by atoms with Gasteiger partial charge in [0.15, 0.2) is 0 Å². The number of carbonyl (C=O) groups is 2. The molecule has 0 spiro atoms. The molecule has 0 saturated carbocycles. The van der Waals surface area contributed by atoms with E-state index in [0.717, 1.165) is 5.39 Å². The number of fused-ring (bicyclic) bond motifs is 1. The number of carboxylic acid groups (broad SMARTS) is 1. The Kier molecular flexibility index (Phi) is 4.97. The van der Waals surface area contributed by atoms with Gasteiger partial charge in [0.2, 0.25) is 15.9 Å². The number of hydrogen-bond donors (Lipinski definition) is 2. The van der Waals surface area contributed by atoms with E-state index in [2.05, 4.69) is 4.72 Å². The first-order valence-electron chi connectivity index (χ1n) is 8.34. The summed E-state index contributed by atoms with van der Waals surface area (Å²) in [5.74, 6) is -1.60. The Bertz CT molecular complexity index is 952. The zero-order valence-electron chi connectivity index (χ0n) is 14.3. The summed E-state index contributed by atoms with van der Waals surface area (Å²) in [6.07, 6.45) is 0.968. The lowest BCUT2D eigenvalue weighted by Gasteiger charge is -2.25. The monoisotopic (exact) mass is 376 g/mol. The molecule has 0 aliphatic carbocycles. The number of sulfonamides is 1. The summed E-state index contributed by atoms with van der Waals surface area (Å²) >= 11 is 0. The highest BCUT2D eigenvalue weighted by Crippen LogP contribution is 2.23. The molecule has 0 bridgehead atoms. The van der Waals surface area contributed by atoms with Gasteiger partial charge in [-0.3, -0.25) is 4.79 Å². The lowest BCUT2D eigenvalue weighted by atomic mass is 10.1. The average Bonchev–Trinajstić information content (AvgIpc) is 3.10. The Morgan fingerprint density at radius 1 is 1.19 bits per heavy atom. The summed E-state index contributed by atoms with van der Waals surface area (Å²) < 4.78 is 28.0. The number of carbonyl (C=O) groups excluding carboxylic acids is 1. The van der Waals surface area contributed by atoms with E-state index >= 15 is 0 Å². The maximum absolute atomic E-state index is 12.8. The molecule has 0 radical (unpaired) electrons. The zero-order chi connectivity index (χ0) is 18.9. The van der Waals surface area contributed by atoms with Gasteiger partial charge in [-0.1, -0.05) is 36.4 Å².